The van der Waals surface area contributed by atoms with Crippen LogP contribution in [-0.2, 0) is 0 Å². The fraction of sp³-hybridized carbons (Fsp3) is 0.154. The van der Waals surface area contributed by atoms with Crippen LogP contribution in [0.2, 0.25) is 0 Å². The number of nitriles is 1. The zero-order chi connectivity index (χ0) is 12.3. The molecule has 0 aliphatic rings. The molecule has 1 aromatic heterocycles. The van der Waals surface area contributed by atoms with E-state index in [1.54, 1.807) is 0 Å². The molecule has 0 saturated carbocycles. The second kappa shape index (κ2) is 4.98. The molecule has 0 spiro atoms. The second-order valence-corrected chi connectivity index (χ2v) is 4.79. The largest absolute Gasteiger partial charge is 0.233 e. The highest BCUT2D eigenvalue weighted by molar-refractivity contribution is 7.99. The maximum Gasteiger partial charge on any atom is 0.233 e. The summed E-state index contributed by atoms with van der Waals surface area (Å²) >= 11 is 1.54. The van der Waals surface area contributed by atoms with E-state index in [1.165, 1.54) is 17.3 Å². The Hall–Kier alpha value is -1.86. The minimum atomic E-state index is 0.222. The van der Waals surface area contributed by atoms with Gasteiger partial charge in [-0.25, -0.2) is 9.97 Å². The van der Waals surface area contributed by atoms with Crippen LogP contribution < -0.4 is 0 Å². The normalized spacial score (nSPS) is 9.94. The van der Waals surface area contributed by atoms with E-state index in [0.29, 0.717) is 0 Å². The van der Waals surface area contributed by atoms with Gasteiger partial charge in [0.2, 0.25) is 5.82 Å². The Morgan fingerprint density at radius 3 is 2.47 bits per heavy atom. The molecule has 0 saturated heterocycles. The van der Waals surface area contributed by atoms with Crippen molar-refractivity contribution < 1.29 is 0 Å². The number of hydrogen-bond acceptors (Lipinski definition) is 4. The lowest BCUT2D eigenvalue weighted by molar-refractivity contribution is 0.975. The summed E-state index contributed by atoms with van der Waals surface area (Å²) in [6.45, 7) is 3.92. The molecule has 0 bridgehead atoms. The SMILES string of the molecule is Cc1ccc(Sc2cc(C)nc(C#N)n2)cc1. The lowest BCUT2D eigenvalue weighted by Crippen LogP contribution is -1.93. The van der Waals surface area contributed by atoms with E-state index in [1.807, 2.05) is 31.2 Å². The lowest BCUT2D eigenvalue weighted by atomic mass is 10.2. The molecule has 0 N–H and O–H groups in total. The molecule has 17 heavy (non-hydrogen) atoms. The van der Waals surface area contributed by atoms with Crippen molar-refractivity contribution in [3.63, 3.8) is 0 Å². The van der Waals surface area contributed by atoms with Crippen LogP contribution in [0.15, 0.2) is 40.3 Å². The number of aromatic nitrogens is 2. The van der Waals surface area contributed by atoms with Crippen LogP contribution in [0.1, 0.15) is 17.1 Å². The molecule has 1 heterocycles. The first-order chi connectivity index (χ1) is 8.17. The van der Waals surface area contributed by atoms with E-state index in [0.717, 1.165) is 15.6 Å². The van der Waals surface area contributed by atoms with Gasteiger partial charge in [0, 0.05) is 10.6 Å². The maximum absolute atomic E-state index is 8.80. The molecule has 0 fully saturated rings. The Kier molecular flexibility index (Phi) is 3.40. The lowest BCUT2D eigenvalue weighted by Gasteiger charge is -2.02. The average molecular weight is 241 g/mol. The molecule has 0 amide bonds. The molecule has 0 aliphatic heterocycles. The predicted molar refractivity (Wildman–Crippen MR) is 66.8 cm³/mol. The van der Waals surface area contributed by atoms with Gasteiger partial charge in [-0.1, -0.05) is 29.5 Å². The van der Waals surface area contributed by atoms with Crippen LogP contribution in [0.3, 0.4) is 0 Å². The van der Waals surface area contributed by atoms with Gasteiger partial charge in [0.1, 0.15) is 11.1 Å². The highest BCUT2D eigenvalue weighted by atomic mass is 32.2. The van der Waals surface area contributed by atoms with Crippen molar-refractivity contribution in [3.8, 4) is 6.07 Å². The Bertz CT molecular complexity index is 570. The molecule has 1 aromatic carbocycles. The van der Waals surface area contributed by atoms with Gasteiger partial charge in [0.05, 0.1) is 0 Å². The fourth-order valence-corrected chi connectivity index (χ4v) is 2.24. The zero-order valence-electron chi connectivity index (χ0n) is 9.64. The third kappa shape index (κ3) is 3.05. The van der Waals surface area contributed by atoms with Crippen molar-refractivity contribution in [2.75, 3.05) is 0 Å². The van der Waals surface area contributed by atoms with Gasteiger partial charge in [-0.2, -0.15) is 5.26 Å². The van der Waals surface area contributed by atoms with Crippen molar-refractivity contribution in [2.45, 2.75) is 23.8 Å². The molecule has 84 valence electrons. The van der Waals surface area contributed by atoms with Crippen LogP contribution >= 0.6 is 11.8 Å². The third-order valence-corrected chi connectivity index (χ3v) is 3.10. The molecule has 0 unspecified atom stereocenters. The standard InChI is InChI=1S/C13H11N3S/c1-9-3-5-11(6-4-9)17-13-7-10(2)15-12(8-14)16-13/h3-7H,1-2H3. The van der Waals surface area contributed by atoms with Crippen molar-refractivity contribution in [2.24, 2.45) is 0 Å². The van der Waals surface area contributed by atoms with Gasteiger partial charge in [-0.3, -0.25) is 0 Å². The van der Waals surface area contributed by atoms with Crippen molar-refractivity contribution in [3.05, 3.63) is 47.4 Å². The van der Waals surface area contributed by atoms with Gasteiger partial charge < -0.3 is 0 Å². The Morgan fingerprint density at radius 2 is 1.82 bits per heavy atom. The van der Waals surface area contributed by atoms with Crippen LogP contribution in [0.4, 0.5) is 0 Å². The quantitative estimate of drug-likeness (QED) is 0.758. The summed E-state index contributed by atoms with van der Waals surface area (Å²) in [6, 6.07) is 12.1. The maximum atomic E-state index is 8.80. The third-order valence-electron chi connectivity index (χ3n) is 2.17. The first-order valence-corrected chi connectivity index (χ1v) is 5.99. The number of nitrogens with zero attached hydrogens (tertiary/aromatic N) is 3. The Labute approximate surface area is 105 Å². The number of aryl methyl sites for hydroxylation is 2. The molecule has 2 rings (SSSR count). The van der Waals surface area contributed by atoms with Crippen LogP contribution in [0.25, 0.3) is 0 Å². The van der Waals surface area contributed by atoms with Crippen molar-refractivity contribution >= 4 is 11.8 Å². The van der Waals surface area contributed by atoms with E-state index in [9.17, 15) is 0 Å². The second-order valence-electron chi connectivity index (χ2n) is 3.70. The average Bonchev–Trinajstić information content (AvgIpc) is 2.31. The monoisotopic (exact) mass is 241 g/mol. The first-order valence-electron chi connectivity index (χ1n) is 5.17. The summed E-state index contributed by atoms with van der Waals surface area (Å²) in [7, 11) is 0. The van der Waals surface area contributed by atoms with Crippen molar-refractivity contribution in [1.82, 2.24) is 9.97 Å². The summed E-state index contributed by atoms with van der Waals surface area (Å²) < 4.78 is 0. The predicted octanol–water partition coefficient (Wildman–Crippen LogP) is 3.12. The fourth-order valence-electron chi connectivity index (χ4n) is 1.37. The molecule has 0 radical (unpaired) electrons. The highest BCUT2D eigenvalue weighted by Gasteiger charge is 2.03. The molecular formula is C13H11N3S. The molecule has 4 heteroatoms. The summed E-state index contributed by atoms with van der Waals surface area (Å²) in [4.78, 5) is 9.29. The summed E-state index contributed by atoms with van der Waals surface area (Å²) in [5.74, 6) is 0.222. The number of rotatable bonds is 2. The van der Waals surface area contributed by atoms with E-state index >= 15 is 0 Å². The summed E-state index contributed by atoms with van der Waals surface area (Å²) in [6.07, 6.45) is 0. The summed E-state index contributed by atoms with van der Waals surface area (Å²) in [5.41, 5.74) is 2.04. The molecular weight excluding hydrogens is 230 g/mol. The van der Waals surface area contributed by atoms with E-state index < -0.39 is 0 Å². The van der Waals surface area contributed by atoms with Crippen LogP contribution in [0, 0.1) is 25.2 Å². The minimum absolute atomic E-state index is 0.222. The van der Waals surface area contributed by atoms with E-state index in [4.69, 9.17) is 5.26 Å². The molecule has 0 aliphatic carbocycles. The molecule has 3 nitrogen and oxygen atoms in total. The van der Waals surface area contributed by atoms with Crippen LogP contribution in [0.5, 0.6) is 0 Å². The van der Waals surface area contributed by atoms with Gasteiger partial charge in [0.25, 0.3) is 0 Å². The number of hydrogen-bond donors (Lipinski definition) is 0. The Balaban J connectivity index is 2.27. The zero-order valence-corrected chi connectivity index (χ0v) is 10.5. The first kappa shape index (κ1) is 11.6. The highest BCUT2D eigenvalue weighted by Crippen LogP contribution is 2.26. The van der Waals surface area contributed by atoms with E-state index in [-0.39, 0.29) is 5.82 Å². The van der Waals surface area contributed by atoms with Crippen LogP contribution in [-0.4, -0.2) is 9.97 Å². The van der Waals surface area contributed by atoms with Gasteiger partial charge in [0.15, 0.2) is 0 Å². The molecule has 0 atom stereocenters. The number of benzene rings is 1. The van der Waals surface area contributed by atoms with Crippen molar-refractivity contribution in [1.29, 1.82) is 5.26 Å². The van der Waals surface area contributed by atoms with Gasteiger partial charge in [-0.05, 0) is 32.0 Å². The van der Waals surface area contributed by atoms with Gasteiger partial charge in [-0.15, -0.1) is 0 Å². The minimum Gasteiger partial charge on any atom is -0.224 e. The summed E-state index contributed by atoms with van der Waals surface area (Å²) in [5, 5.41) is 9.61. The molecule has 2 aromatic rings. The van der Waals surface area contributed by atoms with Gasteiger partial charge >= 0.3 is 0 Å². The van der Waals surface area contributed by atoms with E-state index in [2.05, 4.69) is 29.0 Å². The topological polar surface area (TPSA) is 49.6 Å². The Morgan fingerprint density at radius 1 is 1.12 bits per heavy atom. The smallest absolute Gasteiger partial charge is 0.224 e.